The Labute approximate surface area is 106 Å². The molecule has 6 heteroatoms. The highest BCUT2D eigenvalue weighted by atomic mass is 16.2. The Bertz CT molecular complexity index is 500. The summed E-state index contributed by atoms with van der Waals surface area (Å²) < 4.78 is 1.43. The van der Waals surface area contributed by atoms with Crippen LogP contribution < -0.4 is 17.0 Å². The van der Waals surface area contributed by atoms with E-state index in [2.05, 4.69) is 9.88 Å². The maximum atomic E-state index is 11.8. The van der Waals surface area contributed by atoms with Gasteiger partial charge >= 0.3 is 5.69 Å². The van der Waals surface area contributed by atoms with Gasteiger partial charge in [0.2, 0.25) is 0 Å². The highest BCUT2D eigenvalue weighted by Gasteiger charge is 2.13. The summed E-state index contributed by atoms with van der Waals surface area (Å²) in [5, 5.41) is 0. The molecule has 3 N–H and O–H groups in total. The van der Waals surface area contributed by atoms with E-state index in [4.69, 9.17) is 5.73 Å². The summed E-state index contributed by atoms with van der Waals surface area (Å²) in [6, 6.07) is 0. The van der Waals surface area contributed by atoms with E-state index in [9.17, 15) is 9.59 Å². The van der Waals surface area contributed by atoms with Crippen molar-refractivity contribution in [2.24, 2.45) is 0 Å². The molecular formula is C12H22N4O2. The number of nitrogens with one attached hydrogen (secondary N) is 1. The summed E-state index contributed by atoms with van der Waals surface area (Å²) in [7, 11) is 0. The summed E-state index contributed by atoms with van der Waals surface area (Å²) in [5.41, 5.74) is 5.62. The smallest absolute Gasteiger partial charge is 0.329 e. The van der Waals surface area contributed by atoms with Crippen LogP contribution in [0, 0.1) is 0 Å². The molecule has 102 valence electrons. The van der Waals surface area contributed by atoms with Crippen molar-refractivity contribution in [3.05, 3.63) is 26.4 Å². The van der Waals surface area contributed by atoms with Crippen molar-refractivity contribution >= 4 is 5.82 Å². The van der Waals surface area contributed by atoms with E-state index < -0.39 is 5.69 Å². The fourth-order valence-corrected chi connectivity index (χ4v) is 1.90. The molecule has 0 spiro atoms. The number of H-pyrrole nitrogens is 1. The summed E-state index contributed by atoms with van der Waals surface area (Å²) in [5.74, 6) is 0.289. The Hall–Kier alpha value is -1.56. The van der Waals surface area contributed by atoms with Gasteiger partial charge in [-0.05, 0) is 19.5 Å². The van der Waals surface area contributed by atoms with Crippen LogP contribution in [-0.2, 0) is 13.1 Å². The number of rotatable bonds is 6. The molecular weight excluding hydrogens is 232 g/mol. The normalized spacial score (nSPS) is 11.1. The first-order valence-corrected chi connectivity index (χ1v) is 6.38. The lowest BCUT2D eigenvalue weighted by molar-refractivity contribution is 0.294. The molecule has 0 saturated carbocycles. The fraction of sp³-hybridized carbons (Fsp3) is 0.667. The average molecular weight is 254 g/mol. The van der Waals surface area contributed by atoms with Gasteiger partial charge in [0.25, 0.3) is 5.56 Å². The number of nitrogens with two attached hydrogens (primary N) is 1. The molecule has 1 rings (SSSR count). The first-order chi connectivity index (χ1) is 8.54. The number of anilines is 1. The van der Waals surface area contributed by atoms with Crippen molar-refractivity contribution in [2.45, 2.75) is 40.3 Å². The molecule has 0 aliphatic carbocycles. The zero-order chi connectivity index (χ0) is 13.7. The van der Waals surface area contributed by atoms with Crippen LogP contribution in [0.2, 0.25) is 0 Å². The quantitative estimate of drug-likeness (QED) is 0.768. The van der Waals surface area contributed by atoms with Gasteiger partial charge in [-0.2, -0.15) is 0 Å². The van der Waals surface area contributed by atoms with Crippen LogP contribution in [0.15, 0.2) is 9.59 Å². The molecule has 0 unspecified atom stereocenters. The molecule has 1 heterocycles. The van der Waals surface area contributed by atoms with Gasteiger partial charge in [0.05, 0.1) is 5.56 Å². The minimum absolute atomic E-state index is 0.289. The number of aromatic nitrogens is 2. The zero-order valence-corrected chi connectivity index (χ0v) is 11.3. The Morgan fingerprint density at radius 3 is 2.33 bits per heavy atom. The maximum absolute atomic E-state index is 11.8. The van der Waals surface area contributed by atoms with Crippen molar-refractivity contribution in [1.29, 1.82) is 0 Å². The van der Waals surface area contributed by atoms with Crippen LogP contribution in [0.1, 0.15) is 32.8 Å². The Balaban J connectivity index is 3.23. The number of aromatic amines is 1. The predicted octanol–water partition coefficient (Wildman–Crippen LogP) is 0.371. The molecule has 0 radical (unpaired) electrons. The fourth-order valence-electron chi connectivity index (χ4n) is 1.90. The van der Waals surface area contributed by atoms with E-state index in [0.29, 0.717) is 18.7 Å². The lowest BCUT2D eigenvalue weighted by atomic mass is 10.2. The highest BCUT2D eigenvalue weighted by Crippen LogP contribution is 2.07. The van der Waals surface area contributed by atoms with Crippen molar-refractivity contribution in [1.82, 2.24) is 14.5 Å². The van der Waals surface area contributed by atoms with Crippen molar-refractivity contribution < 1.29 is 0 Å². The summed E-state index contributed by atoms with van der Waals surface area (Å²) in [6.07, 6.45) is 0.793. The van der Waals surface area contributed by atoms with Crippen LogP contribution in [0.25, 0.3) is 0 Å². The van der Waals surface area contributed by atoms with E-state index in [1.807, 2.05) is 20.8 Å². The first kappa shape index (κ1) is 14.5. The Kier molecular flexibility index (Phi) is 5.15. The summed E-state index contributed by atoms with van der Waals surface area (Å²) in [6.45, 7) is 8.67. The molecule has 0 aliphatic rings. The Morgan fingerprint density at radius 1 is 1.22 bits per heavy atom. The number of nitrogen functional groups attached to an aromatic ring is 1. The second-order valence-corrected chi connectivity index (χ2v) is 4.24. The molecule has 1 aromatic heterocycles. The SMILES string of the molecule is CCCn1c(N)c(CN(CC)CC)c(=O)[nH]c1=O. The largest absolute Gasteiger partial charge is 0.385 e. The van der Waals surface area contributed by atoms with Crippen LogP contribution in [0.4, 0.5) is 5.82 Å². The zero-order valence-electron chi connectivity index (χ0n) is 11.3. The van der Waals surface area contributed by atoms with Crippen LogP contribution in [-0.4, -0.2) is 27.5 Å². The van der Waals surface area contributed by atoms with Crippen molar-refractivity contribution in [3.63, 3.8) is 0 Å². The highest BCUT2D eigenvalue weighted by molar-refractivity contribution is 5.38. The molecule has 18 heavy (non-hydrogen) atoms. The van der Waals surface area contributed by atoms with Gasteiger partial charge in [0, 0.05) is 13.1 Å². The average Bonchev–Trinajstić information content (AvgIpc) is 2.35. The van der Waals surface area contributed by atoms with Gasteiger partial charge in [-0.3, -0.25) is 19.2 Å². The molecule has 0 fully saturated rings. The van der Waals surface area contributed by atoms with Crippen LogP contribution in [0.3, 0.4) is 0 Å². The number of nitrogens with zero attached hydrogens (tertiary/aromatic N) is 2. The molecule has 6 nitrogen and oxygen atoms in total. The van der Waals surface area contributed by atoms with Gasteiger partial charge < -0.3 is 5.73 Å². The number of hydrogen-bond acceptors (Lipinski definition) is 4. The van der Waals surface area contributed by atoms with Crippen LogP contribution in [0.5, 0.6) is 0 Å². The molecule has 0 aromatic carbocycles. The standard InChI is InChI=1S/C12H22N4O2/c1-4-7-16-10(13)9(8-15(5-2)6-3)11(17)14-12(16)18/h4-8,13H2,1-3H3,(H,14,17,18). The molecule has 1 aromatic rings. The number of hydrogen-bond donors (Lipinski definition) is 2. The van der Waals surface area contributed by atoms with E-state index in [0.717, 1.165) is 19.5 Å². The summed E-state index contributed by atoms with van der Waals surface area (Å²) in [4.78, 5) is 27.9. The van der Waals surface area contributed by atoms with E-state index >= 15 is 0 Å². The van der Waals surface area contributed by atoms with E-state index in [1.54, 1.807) is 0 Å². The molecule has 0 bridgehead atoms. The monoisotopic (exact) mass is 254 g/mol. The third-order valence-corrected chi connectivity index (χ3v) is 3.06. The Morgan fingerprint density at radius 2 is 1.83 bits per heavy atom. The maximum Gasteiger partial charge on any atom is 0.329 e. The third-order valence-electron chi connectivity index (χ3n) is 3.06. The molecule has 0 aliphatic heterocycles. The molecule has 0 atom stereocenters. The minimum Gasteiger partial charge on any atom is -0.385 e. The van der Waals surface area contributed by atoms with Crippen LogP contribution >= 0.6 is 0 Å². The van der Waals surface area contributed by atoms with Gasteiger partial charge in [0.1, 0.15) is 5.82 Å². The van der Waals surface area contributed by atoms with Gasteiger partial charge in [-0.25, -0.2) is 4.79 Å². The second-order valence-electron chi connectivity index (χ2n) is 4.24. The predicted molar refractivity (Wildman–Crippen MR) is 72.7 cm³/mol. The molecule has 0 amide bonds. The van der Waals surface area contributed by atoms with Gasteiger partial charge in [-0.15, -0.1) is 0 Å². The topological polar surface area (TPSA) is 84.1 Å². The van der Waals surface area contributed by atoms with E-state index in [-0.39, 0.29) is 11.4 Å². The lowest BCUT2D eigenvalue weighted by Crippen LogP contribution is -2.37. The van der Waals surface area contributed by atoms with Gasteiger partial charge in [-0.1, -0.05) is 20.8 Å². The molecule has 0 saturated heterocycles. The third kappa shape index (κ3) is 3.01. The summed E-state index contributed by atoms with van der Waals surface area (Å²) >= 11 is 0. The van der Waals surface area contributed by atoms with Gasteiger partial charge in [0.15, 0.2) is 0 Å². The minimum atomic E-state index is -0.428. The second kappa shape index (κ2) is 6.39. The van der Waals surface area contributed by atoms with E-state index in [1.165, 1.54) is 4.57 Å². The van der Waals surface area contributed by atoms with Crippen molar-refractivity contribution in [3.8, 4) is 0 Å². The lowest BCUT2D eigenvalue weighted by Gasteiger charge is -2.19. The van der Waals surface area contributed by atoms with Crippen molar-refractivity contribution in [2.75, 3.05) is 18.8 Å². The first-order valence-electron chi connectivity index (χ1n) is 6.38.